The first-order valence-electron chi connectivity index (χ1n) is 10.2. The molecule has 0 heterocycles. The lowest BCUT2D eigenvalue weighted by Crippen LogP contribution is -2.39. The molecule has 0 radical (unpaired) electrons. The van der Waals surface area contributed by atoms with Crippen molar-refractivity contribution in [2.45, 2.75) is 52.7 Å². The number of rotatable bonds is 11. The Bertz CT molecular complexity index is 885. The predicted molar refractivity (Wildman–Crippen MR) is 127 cm³/mol. The average Bonchev–Trinajstić information content (AvgIpc) is 2.58. The molecule has 1 atom stereocenters. The lowest BCUT2D eigenvalue weighted by molar-refractivity contribution is -0.134. The van der Waals surface area contributed by atoms with Crippen LogP contribution in [0, 0.1) is 6.92 Å². The second-order valence-electron chi connectivity index (χ2n) is 8.40. The fraction of sp³-hybridized carbons (Fsp3) is 0.619. The molecule has 0 bridgehead atoms. The van der Waals surface area contributed by atoms with Gasteiger partial charge in [-0.15, -0.1) is 0 Å². The van der Waals surface area contributed by atoms with Gasteiger partial charge in [0, 0.05) is 24.5 Å². The topological polar surface area (TPSA) is 111 Å². The van der Waals surface area contributed by atoms with Crippen LogP contribution in [0.15, 0.2) is 18.2 Å². The quantitative estimate of drug-likeness (QED) is 0.198. The van der Waals surface area contributed by atoms with Crippen molar-refractivity contribution in [2.24, 2.45) is 0 Å². The lowest BCUT2D eigenvalue weighted by Gasteiger charge is -2.26. The van der Waals surface area contributed by atoms with Gasteiger partial charge in [-0.1, -0.05) is 22.0 Å². The van der Waals surface area contributed by atoms with Crippen molar-refractivity contribution in [2.75, 3.05) is 36.2 Å². The molecule has 0 spiro atoms. The van der Waals surface area contributed by atoms with Gasteiger partial charge < -0.3 is 19.7 Å². The minimum absolute atomic E-state index is 0.0378. The summed E-state index contributed by atoms with van der Waals surface area (Å²) in [5, 5.41) is 3.23. The summed E-state index contributed by atoms with van der Waals surface area (Å²) in [5.74, 6) is -0.175. The first-order valence-corrected chi connectivity index (χ1v) is 13.1. The Morgan fingerprint density at radius 3 is 2.44 bits per heavy atom. The Morgan fingerprint density at radius 1 is 1.22 bits per heavy atom. The van der Waals surface area contributed by atoms with E-state index in [0.29, 0.717) is 23.3 Å². The number of carbonyl (C=O) groups excluding carboxylic acids is 2. The number of nitrogens with zero attached hydrogens (tertiary/aromatic N) is 1. The van der Waals surface area contributed by atoms with Crippen LogP contribution >= 0.6 is 15.9 Å². The normalized spacial score (nSPS) is 12.7. The number of benzene rings is 1. The zero-order valence-electron chi connectivity index (χ0n) is 19.4. The van der Waals surface area contributed by atoms with Gasteiger partial charge in [0.25, 0.3) is 10.1 Å². The van der Waals surface area contributed by atoms with Crippen molar-refractivity contribution in [3.63, 3.8) is 0 Å². The van der Waals surface area contributed by atoms with Gasteiger partial charge in [-0.05, 0) is 52.3 Å². The van der Waals surface area contributed by atoms with Crippen LogP contribution in [-0.2, 0) is 23.8 Å². The zero-order chi connectivity index (χ0) is 24.5. The number of amides is 1. The molecule has 1 aromatic carbocycles. The van der Waals surface area contributed by atoms with Crippen molar-refractivity contribution in [3.8, 4) is 5.75 Å². The van der Waals surface area contributed by atoms with Gasteiger partial charge in [-0.3, -0.25) is 8.98 Å². The van der Waals surface area contributed by atoms with E-state index in [1.807, 2.05) is 24.0 Å². The lowest BCUT2D eigenvalue weighted by atomic mass is 10.2. The van der Waals surface area contributed by atoms with Crippen molar-refractivity contribution in [3.05, 3.63) is 23.8 Å². The van der Waals surface area contributed by atoms with Crippen LogP contribution in [0.25, 0.3) is 0 Å². The fourth-order valence-corrected chi connectivity index (χ4v) is 3.50. The van der Waals surface area contributed by atoms with Crippen LogP contribution in [0.1, 0.15) is 39.7 Å². The van der Waals surface area contributed by atoms with Gasteiger partial charge in [0.05, 0.1) is 25.0 Å². The molecule has 0 aliphatic heterocycles. The van der Waals surface area contributed by atoms with Gasteiger partial charge >= 0.3 is 12.1 Å². The van der Waals surface area contributed by atoms with E-state index in [9.17, 15) is 18.0 Å². The molecule has 1 rings (SSSR count). The molecule has 11 heteroatoms. The maximum absolute atomic E-state index is 12.5. The van der Waals surface area contributed by atoms with E-state index in [2.05, 4.69) is 21.2 Å². The third-order valence-electron chi connectivity index (χ3n) is 3.93. The summed E-state index contributed by atoms with van der Waals surface area (Å²) in [5.41, 5.74) is 0.886. The number of ether oxygens (including phenoxy) is 2. The number of halogens is 1. The fourth-order valence-electron chi connectivity index (χ4n) is 2.69. The third kappa shape index (κ3) is 11.7. The van der Waals surface area contributed by atoms with Gasteiger partial charge in [-0.25, -0.2) is 4.79 Å². The highest BCUT2D eigenvalue weighted by Crippen LogP contribution is 2.30. The molecule has 0 saturated heterocycles. The van der Waals surface area contributed by atoms with Crippen molar-refractivity contribution in [1.29, 1.82) is 0 Å². The van der Waals surface area contributed by atoms with E-state index >= 15 is 0 Å². The summed E-state index contributed by atoms with van der Waals surface area (Å²) in [6.45, 7) is 9.60. The van der Waals surface area contributed by atoms with Crippen LogP contribution in [0.3, 0.4) is 0 Å². The Morgan fingerprint density at radius 2 is 1.88 bits per heavy atom. The highest BCUT2D eigenvalue weighted by Gasteiger charge is 2.21. The van der Waals surface area contributed by atoms with Crippen molar-refractivity contribution in [1.82, 2.24) is 5.32 Å². The van der Waals surface area contributed by atoms with Gasteiger partial charge in [0.2, 0.25) is 0 Å². The number of carbonyl (C=O) groups is 2. The standard InChI is InChI=1S/C21H33BrN2O7S/c1-15-7-8-17(24(10-9-22)11-12-29-32(6,27)28)18(13-15)30-19(25)14-16(2)23-20(26)31-21(3,4)5/h7-8,13,16H,9-12,14H2,1-6H3,(H,23,26). The second-order valence-corrected chi connectivity index (χ2v) is 10.8. The summed E-state index contributed by atoms with van der Waals surface area (Å²) >= 11 is 3.38. The minimum atomic E-state index is -3.56. The monoisotopic (exact) mass is 536 g/mol. The Hall–Kier alpha value is -1.85. The second kappa shape index (κ2) is 12.4. The van der Waals surface area contributed by atoms with Gasteiger partial charge in [0.1, 0.15) is 5.60 Å². The molecule has 0 aromatic heterocycles. The van der Waals surface area contributed by atoms with Crippen LogP contribution in [0.4, 0.5) is 10.5 Å². The number of alkyl halides is 1. The number of aryl methyl sites for hydroxylation is 1. The first kappa shape index (κ1) is 28.2. The van der Waals surface area contributed by atoms with E-state index in [1.54, 1.807) is 33.8 Å². The van der Waals surface area contributed by atoms with Crippen LogP contribution in [-0.4, -0.2) is 63.4 Å². The number of esters is 1. The molecular formula is C21H33BrN2O7S. The Balaban J connectivity index is 2.87. The maximum Gasteiger partial charge on any atom is 0.407 e. The van der Waals surface area contributed by atoms with Crippen LogP contribution in [0.2, 0.25) is 0 Å². The summed E-state index contributed by atoms with van der Waals surface area (Å²) in [6, 6.07) is 4.92. The minimum Gasteiger partial charge on any atom is -0.444 e. The SMILES string of the molecule is Cc1ccc(N(CCBr)CCOS(C)(=O)=O)c(OC(=O)CC(C)NC(=O)OC(C)(C)C)c1. The van der Waals surface area contributed by atoms with Crippen molar-refractivity contribution >= 4 is 43.8 Å². The smallest absolute Gasteiger partial charge is 0.407 e. The molecule has 1 N–H and O–H groups in total. The first-order chi connectivity index (χ1) is 14.7. The predicted octanol–water partition coefficient (Wildman–Crippen LogP) is 3.38. The summed E-state index contributed by atoms with van der Waals surface area (Å²) in [4.78, 5) is 26.3. The number of anilines is 1. The zero-order valence-corrected chi connectivity index (χ0v) is 21.8. The van der Waals surface area contributed by atoms with E-state index in [4.69, 9.17) is 13.7 Å². The summed E-state index contributed by atoms with van der Waals surface area (Å²) in [7, 11) is -3.56. The van der Waals surface area contributed by atoms with Crippen molar-refractivity contribution < 1.29 is 31.7 Å². The molecule has 0 fully saturated rings. The maximum atomic E-state index is 12.5. The van der Waals surface area contributed by atoms with E-state index < -0.39 is 33.8 Å². The molecule has 1 aromatic rings. The highest BCUT2D eigenvalue weighted by atomic mass is 79.9. The molecule has 0 aliphatic carbocycles. The largest absolute Gasteiger partial charge is 0.444 e. The molecular weight excluding hydrogens is 504 g/mol. The number of hydrogen-bond donors (Lipinski definition) is 1. The molecule has 32 heavy (non-hydrogen) atoms. The van der Waals surface area contributed by atoms with E-state index in [0.717, 1.165) is 11.8 Å². The molecule has 1 amide bonds. The number of nitrogens with one attached hydrogen (secondary N) is 1. The van der Waals surface area contributed by atoms with E-state index in [-0.39, 0.29) is 19.6 Å². The van der Waals surface area contributed by atoms with E-state index in [1.165, 1.54) is 0 Å². The van der Waals surface area contributed by atoms with Gasteiger partial charge in [-0.2, -0.15) is 8.42 Å². The van der Waals surface area contributed by atoms with Crippen LogP contribution in [0.5, 0.6) is 5.75 Å². The van der Waals surface area contributed by atoms with Crippen LogP contribution < -0.4 is 15.0 Å². The highest BCUT2D eigenvalue weighted by molar-refractivity contribution is 9.09. The molecule has 1 unspecified atom stereocenters. The molecule has 0 aliphatic rings. The van der Waals surface area contributed by atoms with Gasteiger partial charge in [0.15, 0.2) is 5.75 Å². The molecule has 9 nitrogen and oxygen atoms in total. The average molecular weight is 537 g/mol. The Kier molecular flexibility index (Phi) is 10.9. The number of alkyl carbamates (subject to hydrolysis) is 1. The summed E-state index contributed by atoms with van der Waals surface area (Å²) < 4.78 is 38.2. The summed E-state index contributed by atoms with van der Waals surface area (Å²) in [6.07, 6.45) is 0.332. The Labute approximate surface area is 199 Å². The molecule has 0 saturated carbocycles. The molecule has 182 valence electrons. The third-order valence-corrected chi connectivity index (χ3v) is 4.88. The number of hydrogen-bond acceptors (Lipinski definition) is 8.